The van der Waals surface area contributed by atoms with Gasteiger partial charge in [-0.05, 0) is 18.2 Å². The van der Waals surface area contributed by atoms with E-state index in [0.717, 1.165) is 8.95 Å². The smallest absolute Gasteiger partial charge is 0.327 e. The third kappa shape index (κ3) is 4.40. The van der Waals surface area contributed by atoms with Crippen LogP contribution in [0.4, 0.5) is 5.69 Å². The van der Waals surface area contributed by atoms with Gasteiger partial charge in [0.05, 0.1) is 19.0 Å². The van der Waals surface area contributed by atoms with Gasteiger partial charge in [-0.3, -0.25) is 14.3 Å². The Balaban J connectivity index is 2.07. The maximum absolute atomic E-state index is 12.1. The summed E-state index contributed by atoms with van der Waals surface area (Å²) in [5.74, 6) is -0.679. The molecule has 8 heteroatoms. The maximum Gasteiger partial charge on any atom is 0.327 e. The van der Waals surface area contributed by atoms with E-state index in [1.807, 2.05) is 6.07 Å². The average molecular weight is 417 g/mol. The molecule has 0 fully saturated rings. The summed E-state index contributed by atoms with van der Waals surface area (Å²) in [6, 6.07) is 5.25. The fourth-order valence-corrected chi connectivity index (χ4v) is 2.89. The van der Waals surface area contributed by atoms with Crippen LogP contribution in [0.15, 0.2) is 39.5 Å². The second kappa shape index (κ2) is 6.86. The average Bonchev–Trinajstić information content (AvgIpc) is 2.84. The van der Waals surface area contributed by atoms with Crippen molar-refractivity contribution >= 4 is 49.4 Å². The van der Waals surface area contributed by atoms with Gasteiger partial charge in [0.25, 0.3) is 5.91 Å². The van der Waals surface area contributed by atoms with Gasteiger partial charge >= 0.3 is 5.97 Å². The van der Waals surface area contributed by atoms with Crippen molar-refractivity contribution in [1.29, 1.82) is 0 Å². The Bertz CT molecular complexity index is 665. The zero-order valence-electron chi connectivity index (χ0n) is 11.0. The SMILES string of the molecule is COC(=O)Cn1cc(NC(=O)c2cc(Br)cc(Br)c2)cn1. The molecule has 0 saturated carbocycles. The Morgan fingerprint density at radius 2 is 1.95 bits per heavy atom. The van der Waals surface area contributed by atoms with Crippen molar-refractivity contribution in [3.63, 3.8) is 0 Å². The fourth-order valence-electron chi connectivity index (χ4n) is 1.60. The predicted molar refractivity (Wildman–Crippen MR) is 84.0 cm³/mol. The van der Waals surface area contributed by atoms with Crippen LogP contribution in [0.1, 0.15) is 10.4 Å². The number of nitrogens with one attached hydrogen (secondary N) is 1. The van der Waals surface area contributed by atoms with E-state index >= 15 is 0 Å². The predicted octanol–water partition coefficient (Wildman–Crippen LogP) is 2.83. The minimum Gasteiger partial charge on any atom is -0.468 e. The van der Waals surface area contributed by atoms with Gasteiger partial charge in [-0.2, -0.15) is 5.10 Å². The number of anilines is 1. The van der Waals surface area contributed by atoms with E-state index in [4.69, 9.17) is 0 Å². The highest BCUT2D eigenvalue weighted by Crippen LogP contribution is 2.21. The van der Waals surface area contributed by atoms with Crippen molar-refractivity contribution in [2.24, 2.45) is 0 Å². The minimum atomic E-state index is -0.410. The van der Waals surface area contributed by atoms with Crippen LogP contribution >= 0.6 is 31.9 Å². The Morgan fingerprint density at radius 1 is 1.29 bits per heavy atom. The van der Waals surface area contributed by atoms with Gasteiger partial charge in [-0.1, -0.05) is 31.9 Å². The molecule has 1 N–H and O–H groups in total. The van der Waals surface area contributed by atoms with Gasteiger partial charge in [0.15, 0.2) is 0 Å². The van der Waals surface area contributed by atoms with E-state index in [9.17, 15) is 9.59 Å². The number of methoxy groups -OCH3 is 1. The first-order chi connectivity index (χ1) is 9.97. The number of carbonyl (C=O) groups is 2. The molecule has 21 heavy (non-hydrogen) atoms. The first-order valence-corrected chi connectivity index (χ1v) is 7.43. The Morgan fingerprint density at radius 3 is 2.57 bits per heavy atom. The first-order valence-electron chi connectivity index (χ1n) is 5.84. The largest absolute Gasteiger partial charge is 0.468 e. The molecule has 0 aliphatic rings. The van der Waals surface area contributed by atoms with Crippen molar-refractivity contribution in [1.82, 2.24) is 9.78 Å². The third-order valence-corrected chi connectivity index (χ3v) is 3.45. The number of hydrogen-bond acceptors (Lipinski definition) is 4. The summed E-state index contributed by atoms with van der Waals surface area (Å²) < 4.78 is 7.52. The first kappa shape index (κ1) is 15.7. The lowest BCUT2D eigenvalue weighted by Gasteiger charge is -2.04. The number of nitrogens with zero attached hydrogens (tertiary/aromatic N) is 2. The summed E-state index contributed by atoms with van der Waals surface area (Å²) in [4.78, 5) is 23.3. The zero-order chi connectivity index (χ0) is 15.4. The molecule has 0 unspecified atom stereocenters. The maximum atomic E-state index is 12.1. The van der Waals surface area contributed by atoms with Gasteiger partial charge in [0.2, 0.25) is 0 Å². The monoisotopic (exact) mass is 415 g/mol. The minimum absolute atomic E-state index is 0.00516. The number of benzene rings is 1. The molecule has 110 valence electrons. The lowest BCUT2D eigenvalue weighted by atomic mass is 10.2. The molecule has 2 aromatic rings. The summed E-state index contributed by atoms with van der Waals surface area (Å²) in [5, 5.41) is 6.68. The van der Waals surface area contributed by atoms with E-state index < -0.39 is 5.97 Å². The third-order valence-electron chi connectivity index (χ3n) is 2.53. The molecule has 0 aliphatic heterocycles. The number of carbonyl (C=O) groups excluding carboxylic acids is 2. The molecular weight excluding hydrogens is 406 g/mol. The topological polar surface area (TPSA) is 73.2 Å². The van der Waals surface area contributed by atoms with Crippen LogP contribution in [-0.4, -0.2) is 28.8 Å². The number of esters is 1. The summed E-state index contributed by atoms with van der Waals surface area (Å²) in [5.41, 5.74) is 0.997. The second-order valence-electron chi connectivity index (χ2n) is 4.11. The molecular formula is C13H11Br2N3O3. The van der Waals surface area contributed by atoms with E-state index in [1.54, 1.807) is 18.3 Å². The molecule has 0 aliphatic carbocycles. The molecule has 2 rings (SSSR count). The molecule has 0 bridgehead atoms. The molecule has 1 aromatic heterocycles. The summed E-state index contributed by atoms with van der Waals surface area (Å²) in [7, 11) is 1.31. The van der Waals surface area contributed by atoms with Crippen molar-refractivity contribution in [3.8, 4) is 0 Å². The zero-order valence-corrected chi connectivity index (χ0v) is 14.1. The number of amides is 1. The van der Waals surface area contributed by atoms with Crippen molar-refractivity contribution < 1.29 is 14.3 Å². The highest BCUT2D eigenvalue weighted by atomic mass is 79.9. The highest BCUT2D eigenvalue weighted by molar-refractivity contribution is 9.11. The lowest BCUT2D eigenvalue weighted by molar-refractivity contribution is -0.141. The second-order valence-corrected chi connectivity index (χ2v) is 5.95. The normalized spacial score (nSPS) is 10.2. The number of halogens is 2. The Kier molecular flexibility index (Phi) is 5.13. The standard InChI is InChI=1S/C13H11Br2N3O3/c1-21-12(19)7-18-6-11(5-16-18)17-13(20)8-2-9(14)4-10(15)3-8/h2-6H,7H2,1H3,(H,17,20). The Hall–Kier alpha value is -1.67. The lowest BCUT2D eigenvalue weighted by Crippen LogP contribution is -2.13. The number of aromatic nitrogens is 2. The molecule has 0 spiro atoms. The van der Waals surface area contributed by atoms with E-state index in [0.29, 0.717) is 11.3 Å². The van der Waals surface area contributed by atoms with Crippen LogP contribution in [-0.2, 0) is 16.1 Å². The fraction of sp³-hybridized carbons (Fsp3) is 0.154. The molecule has 1 heterocycles. The molecule has 1 aromatic carbocycles. The molecule has 6 nitrogen and oxygen atoms in total. The van der Waals surface area contributed by atoms with Crippen molar-refractivity contribution in [3.05, 3.63) is 45.1 Å². The molecule has 0 atom stereocenters. The van der Waals surface area contributed by atoms with Crippen LogP contribution in [0.2, 0.25) is 0 Å². The van der Waals surface area contributed by atoms with Crippen molar-refractivity contribution in [2.45, 2.75) is 6.54 Å². The number of rotatable bonds is 4. The molecule has 0 radical (unpaired) electrons. The van der Waals surface area contributed by atoms with Crippen LogP contribution < -0.4 is 5.32 Å². The Labute approximate surface area is 137 Å². The number of hydrogen-bond donors (Lipinski definition) is 1. The van der Waals surface area contributed by atoms with Gasteiger partial charge in [0.1, 0.15) is 6.54 Å². The van der Waals surface area contributed by atoms with Crippen LogP contribution in [0.3, 0.4) is 0 Å². The quantitative estimate of drug-likeness (QED) is 0.777. The van der Waals surface area contributed by atoms with E-state index in [1.165, 1.54) is 18.0 Å². The summed E-state index contributed by atoms with van der Waals surface area (Å²) >= 11 is 6.66. The van der Waals surface area contributed by atoms with Crippen LogP contribution in [0.5, 0.6) is 0 Å². The molecule has 1 amide bonds. The van der Waals surface area contributed by atoms with Gasteiger partial charge < -0.3 is 10.1 Å². The number of ether oxygens (including phenoxy) is 1. The van der Waals surface area contributed by atoms with Gasteiger partial charge in [-0.15, -0.1) is 0 Å². The summed E-state index contributed by atoms with van der Waals surface area (Å²) in [6.07, 6.45) is 3.02. The highest BCUT2D eigenvalue weighted by Gasteiger charge is 2.10. The van der Waals surface area contributed by atoms with E-state index in [2.05, 4.69) is 47.0 Å². The van der Waals surface area contributed by atoms with Gasteiger partial charge in [-0.25, -0.2) is 0 Å². The van der Waals surface area contributed by atoms with Crippen LogP contribution in [0.25, 0.3) is 0 Å². The van der Waals surface area contributed by atoms with Crippen LogP contribution in [0, 0.1) is 0 Å². The van der Waals surface area contributed by atoms with Crippen molar-refractivity contribution in [2.75, 3.05) is 12.4 Å². The van der Waals surface area contributed by atoms with Gasteiger partial charge in [0, 0.05) is 20.7 Å². The summed E-state index contributed by atoms with van der Waals surface area (Å²) in [6.45, 7) is -0.00516. The molecule has 0 saturated heterocycles. The van der Waals surface area contributed by atoms with E-state index in [-0.39, 0.29) is 12.5 Å².